The Balaban J connectivity index is 1.27. The summed E-state index contributed by atoms with van der Waals surface area (Å²) in [5, 5.41) is 17.8. The van der Waals surface area contributed by atoms with Crippen LogP contribution in [0.1, 0.15) is 5.56 Å². The lowest BCUT2D eigenvalue weighted by atomic mass is 10.00. The van der Waals surface area contributed by atoms with Gasteiger partial charge in [-0.2, -0.15) is 5.26 Å². The van der Waals surface area contributed by atoms with Gasteiger partial charge in [-0.25, -0.2) is 0 Å². The summed E-state index contributed by atoms with van der Waals surface area (Å²) < 4.78 is 7.31. The molecule has 0 atom stereocenters. The van der Waals surface area contributed by atoms with Gasteiger partial charge in [-0.05, 0) is 60.2 Å². The fourth-order valence-electron chi connectivity index (χ4n) is 7.57. The van der Waals surface area contributed by atoms with E-state index in [1.54, 1.807) is 0 Å². The SMILES string of the molecule is N#Cc1cc(-c2ccccc2-n2c3ccccc3c3c4sc5ccccc5c4ccc32)cc(-n2c3ccccc3c3ccccc32)c1. The fraction of sp³-hybridized carbons (Fsp3) is 0. The van der Waals surface area contributed by atoms with Crippen LogP contribution in [-0.2, 0) is 0 Å². The van der Waals surface area contributed by atoms with Crippen LogP contribution in [0.2, 0.25) is 0 Å². The summed E-state index contributed by atoms with van der Waals surface area (Å²) in [6.45, 7) is 0. The van der Waals surface area contributed by atoms with Gasteiger partial charge in [0, 0.05) is 53.0 Å². The topological polar surface area (TPSA) is 33.6 Å². The van der Waals surface area contributed by atoms with E-state index < -0.39 is 0 Å². The lowest BCUT2D eigenvalue weighted by Gasteiger charge is -2.16. The van der Waals surface area contributed by atoms with Crippen LogP contribution in [-0.4, -0.2) is 9.13 Å². The quantitative estimate of drug-likeness (QED) is 0.195. The summed E-state index contributed by atoms with van der Waals surface area (Å²) in [5.41, 5.74) is 9.36. The summed E-state index contributed by atoms with van der Waals surface area (Å²) >= 11 is 1.87. The first-order valence-corrected chi connectivity index (χ1v) is 16.6. The Labute approximate surface area is 274 Å². The number of nitrogens with zero attached hydrogens (tertiary/aromatic N) is 3. The highest BCUT2D eigenvalue weighted by molar-refractivity contribution is 7.26. The molecule has 0 amide bonds. The number of aromatic nitrogens is 2. The molecule has 0 saturated heterocycles. The van der Waals surface area contributed by atoms with Crippen molar-refractivity contribution in [3.8, 4) is 28.6 Å². The van der Waals surface area contributed by atoms with Gasteiger partial charge in [0.1, 0.15) is 0 Å². The van der Waals surface area contributed by atoms with Crippen molar-refractivity contribution >= 4 is 75.1 Å². The molecule has 0 radical (unpaired) electrons. The summed E-state index contributed by atoms with van der Waals surface area (Å²) in [6.07, 6.45) is 0. The molecule has 10 aromatic rings. The van der Waals surface area contributed by atoms with E-state index in [9.17, 15) is 5.26 Å². The Morgan fingerprint density at radius 2 is 1.11 bits per heavy atom. The third-order valence-corrected chi connectivity index (χ3v) is 10.7. The fourth-order valence-corrected chi connectivity index (χ4v) is 8.83. The summed E-state index contributed by atoms with van der Waals surface area (Å²) in [4.78, 5) is 0. The zero-order valence-corrected chi connectivity index (χ0v) is 26.0. The second-order valence-corrected chi connectivity index (χ2v) is 13.1. The van der Waals surface area contributed by atoms with Gasteiger partial charge in [-0.1, -0.05) is 97.1 Å². The zero-order chi connectivity index (χ0) is 31.1. The van der Waals surface area contributed by atoms with Gasteiger partial charge in [0.05, 0.1) is 39.4 Å². The normalized spacial score (nSPS) is 11.8. The van der Waals surface area contributed by atoms with Crippen LogP contribution in [0.25, 0.3) is 86.3 Å². The Kier molecular flexibility index (Phi) is 5.51. The molecule has 3 aromatic heterocycles. The van der Waals surface area contributed by atoms with E-state index in [2.05, 4.69) is 155 Å². The molecule has 0 saturated carbocycles. The zero-order valence-electron chi connectivity index (χ0n) is 25.2. The predicted molar refractivity (Wildman–Crippen MR) is 198 cm³/mol. The maximum atomic E-state index is 10.3. The van der Waals surface area contributed by atoms with Gasteiger partial charge < -0.3 is 9.13 Å². The molecule has 0 aliphatic heterocycles. The van der Waals surface area contributed by atoms with Crippen molar-refractivity contribution in [2.75, 3.05) is 0 Å². The lowest BCUT2D eigenvalue weighted by Crippen LogP contribution is -1.99. The van der Waals surface area contributed by atoms with Gasteiger partial charge in [0.15, 0.2) is 0 Å². The number of thiophene rings is 1. The summed E-state index contributed by atoms with van der Waals surface area (Å²) in [6, 6.07) is 56.3. The van der Waals surface area contributed by atoms with Gasteiger partial charge in [-0.15, -0.1) is 11.3 Å². The van der Waals surface area contributed by atoms with Crippen LogP contribution >= 0.6 is 11.3 Å². The molecule has 10 rings (SSSR count). The number of nitriles is 1. The smallest absolute Gasteiger partial charge is 0.0992 e. The van der Waals surface area contributed by atoms with Gasteiger partial charge in [-0.3, -0.25) is 0 Å². The van der Waals surface area contributed by atoms with E-state index in [1.165, 1.54) is 52.8 Å². The number of benzene rings is 7. The molecule has 218 valence electrons. The highest BCUT2D eigenvalue weighted by Gasteiger charge is 2.20. The minimum Gasteiger partial charge on any atom is -0.309 e. The minimum atomic E-state index is 0.628. The summed E-state index contributed by atoms with van der Waals surface area (Å²) in [7, 11) is 0. The number of hydrogen-bond donors (Lipinski definition) is 0. The second kappa shape index (κ2) is 9.92. The van der Waals surface area contributed by atoms with Crippen LogP contribution in [0, 0.1) is 11.3 Å². The lowest BCUT2D eigenvalue weighted by molar-refractivity contribution is 1.17. The van der Waals surface area contributed by atoms with Crippen LogP contribution in [0.5, 0.6) is 0 Å². The highest BCUT2D eigenvalue weighted by atomic mass is 32.1. The predicted octanol–water partition coefficient (Wildman–Crippen LogP) is 11.8. The molecular weight excluding hydrogens is 591 g/mol. The van der Waals surface area contributed by atoms with Crippen LogP contribution in [0.3, 0.4) is 0 Å². The van der Waals surface area contributed by atoms with Crippen LogP contribution in [0.15, 0.2) is 152 Å². The first-order chi connectivity index (χ1) is 23.3. The average molecular weight is 616 g/mol. The maximum Gasteiger partial charge on any atom is 0.0992 e. The number of para-hydroxylation sites is 4. The molecule has 0 aliphatic rings. The van der Waals surface area contributed by atoms with Gasteiger partial charge >= 0.3 is 0 Å². The van der Waals surface area contributed by atoms with Crippen molar-refractivity contribution in [2.24, 2.45) is 0 Å². The van der Waals surface area contributed by atoms with Crippen molar-refractivity contribution < 1.29 is 0 Å². The number of rotatable bonds is 3. The van der Waals surface area contributed by atoms with Crippen molar-refractivity contribution in [2.45, 2.75) is 0 Å². The largest absolute Gasteiger partial charge is 0.309 e. The Morgan fingerprint density at radius 1 is 0.489 bits per heavy atom. The first kappa shape index (κ1) is 26.1. The molecule has 0 fully saturated rings. The molecule has 4 heteroatoms. The Bertz CT molecular complexity index is 2880. The summed E-state index contributed by atoms with van der Waals surface area (Å²) in [5.74, 6) is 0. The molecule has 7 aromatic carbocycles. The Hall–Kier alpha value is -6.15. The first-order valence-electron chi connectivity index (χ1n) is 15.8. The molecule has 0 unspecified atom stereocenters. The molecule has 0 spiro atoms. The number of fused-ring (bicyclic) bond motifs is 10. The van der Waals surface area contributed by atoms with Crippen molar-refractivity contribution in [1.29, 1.82) is 5.26 Å². The monoisotopic (exact) mass is 615 g/mol. The van der Waals surface area contributed by atoms with E-state index in [-0.39, 0.29) is 0 Å². The maximum absolute atomic E-state index is 10.3. The molecular formula is C43H25N3S. The minimum absolute atomic E-state index is 0.628. The molecule has 0 aliphatic carbocycles. The molecule has 3 heterocycles. The van der Waals surface area contributed by atoms with Crippen molar-refractivity contribution in [3.63, 3.8) is 0 Å². The molecule has 0 N–H and O–H groups in total. The van der Waals surface area contributed by atoms with Crippen LogP contribution in [0.4, 0.5) is 0 Å². The Morgan fingerprint density at radius 3 is 1.85 bits per heavy atom. The third-order valence-electron chi connectivity index (χ3n) is 9.52. The highest BCUT2D eigenvalue weighted by Crippen LogP contribution is 2.44. The molecule has 3 nitrogen and oxygen atoms in total. The van der Waals surface area contributed by atoms with E-state index in [0.717, 1.165) is 33.5 Å². The van der Waals surface area contributed by atoms with Gasteiger partial charge in [0.2, 0.25) is 0 Å². The van der Waals surface area contributed by atoms with Crippen LogP contribution < -0.4 is 0 Å². The molecule has 47 heavy (non-hydrogen) atoms. The van der Waals surface area contributed by atoms with Crippen molar-refractivity contribution in [3.05, 3.63) is 157 Å². The van der Waals surface area contributed by atoms with E-state index >= 15 is 0 Å². The van der Waals surface area contributed by atoms with E-state index in [4.69, 9.17) is 0 Å². The van der Waals surface area contributed by atoms with E-state index in [1.807, 2.05) is 23.5 Å². The standard InChI is InChI=1S/C43H25N3S/c44-26-27-23-28(25-29(24-27)45-37-17-7-2-12-31(37)32-13-3-8-18-38(32)45)30-11-1-6-16-36(30)46-39-19-9-4-15-35(39)42-40(46)22-21-34-33-14-5-10-20-41(33)47-43(34)42/h1-25H. The third kappa shape index (κ3) is 3.72. The number of hydrogen-bond acceptors (Lipinski definition) is 2. The van der Waals surface area contributed by atoms with Crippen molar-refractivity contribution in [1.82, 2.24) is 9.13 Å². The molecule has 0 bridgehead atoms. The van der Waals surface area contributed by atoms with Gasteiger partial charge in [0.25, 0.3) is 0 Å². The van der Waals surface area contributed by atoms with E-state index in [0.29, 0.717) is 5.56 Å². The second-order valence-electron chi connectivity index (χ2n) is 12.1. The average Bonchev–Trinajstić information content (AvgIpc) is 3.79.